The lowest BCUT2D eigenvalue weighted by Gasteiger charge is -2.33. The van der Waals surface area contributed by atoms with E-state index in [2.05, 4.69) is 64.5 Å². The molecule has 0 spiro atoms. The molecular weight excluding hydrogens is 501 g/mol. The first-order chi connectivity index (χ1) is 14.4. The van der Waals surface area contributed by atoms with Crippen molar-refractivity contribution in [3.05, 3.63) is 59.9 Å². The number of halogens is 1. The van der Waals surface area contributed by atoms with Crippen LogP contribution >= 0.6 is 24.0 Å². The van der Waals surface area contributed by atoms with Gasteiger partial charge in [0.05, 0.1) is 5.69 Å². The molecule has 0 radical (unpaired) electrons. The molecule has 1 aromatic carbocycles. The topological polar surface area (TPSA) is 61.8 Å². The highest BCUT2D eigenvalue weighted by Crippen LogP contribution is 2.22. The lowest BCUT2D eigenvalue weighted by atomic mass is 10.0. The molecule has 1 saturated heterocycles. The van der Waals surface area contributed by atoms with Crippen molar-refractivity contribution >= 4 is 29.9 Å². The van der Waals surface area contributed by atoms with Crippen molar-refractivity contribution in [3.63, 3.8) is 0 Å². The normalized spacial score (nSPS) is 15.8. The Morgan fingerprint density at radius 2 is 1.84 bits per heavy atom. The van der Waals surface area contributed by atoms with Gasteiger partial charge in [0.15, 0.2) is 5.96 Å². The molecule has 0 atom stereocenters. The number of hydrogen-bond donors (Lipinski definition) is 2. The summed E-state index contributed by atoms with van der Waals surface area (Å²) in [6.07, 6.45) is 4.05. The second-order valence-corrected chi connectivity index (χ2v) is 8.76. The van der Waals surface area contributed by atoms with E-state index >= 15 is 0 Å². The van der Waals surface area contributed by atoms with E-state index in [9.17, 15) is 0 Å². The van der Waals surface area contributed by atoms with Crippen molar-refractivity contribution in [2.75, 3.05) is 20.1 Å². The van der Waals surface area contributed by atoms with Gasteiger partial charge in [0.25, 0.3) is 0 Å². The van der Waals surface area contributed by atoms with Gasteiger partial charge in [0.1, 0.15) is 11.4 Å². The van der Waals surface area contributed by atoms with E-state index in [0.29, 0.717) is 12.6 Å². The molecule has 0 aliphatic carbocycles. The molecule has 1 aromatic heterocycles. The van der Waals surface area contributed by atoms with Crippen LogP contribution in [-0.2, 0) is 13.1 Å². The van der Waals surface area contributed by atoms with Crippen LogP contribution in [0.25, 0.3) is 0 Å². The molecule has 0 saturated carbocycles. The van der Waals surface area contributed by atoms with Crippen LogP contribution in [-0.4, -0.2) is 47.6 Å². The number of para-hydroxylation sites is 1. The Morgan fingerprint density at radius 3 is 2.48 bits per heavy atom. The average molecular weight is 537 g/mol. The number of guanidine groups is 1. The van der Waals surface area contributed by atoms with Crippen LogP contribution in [0.4, 0.5) is 0 Å². The number of hydrogen-bond acceptors (Lipinski definition) is 4. The second-order valence-electron chi connectivity index (χ2n) is 8.76. The van der Waals surface area contributed by atoms with Gasteiger partial charge in [-0.15, -0.1) is 24.0 Å². The largest absolute Gasteiger partial charge is 0.488 e. The number of nitrogens with one attached hydrogen (secondary N) is 2. The number of piperidine rings is 1. The summed E-state index contributed by atoms with van der Waals surface area (Å²) in [7, 11) is 1.82. The summed E-state index contributed by atoms with van der Waals surface area (Å²) in [4.78, 5) is 11.3. The lowest BCUT2D eigenvalue weighted by Crippen LogP contribution is -2.48. The van der Waals surface area contributed by atoms with Gasteiger partial charge in [-0.1, -0.05) is 24.3 Å². The number of likely N-dealkylation sites (tertiary alicyclic amines) is 1. The molecule has 170 valence electrons. The molecule has 0 amide bonds. The quantitative estimate of drug-likeness (QED) is 0.329. The lowest BCUT2D eigenvalue weighted by molar-refractivity contribution is 0.129. The molecule has 1 aliphatic rings. The Morgan fingerprint density at radius 1 is 1.13 bits per heavy atom. The van der Waals surface area contributed by atoms with Crippen LogP contribution in [0.3, 0.4) is 0 Å². The summed E-state index contributed by atoms with van der Waals surface area (Å²) in [5.41, 5.74) is 2.04. The fourth-order valence-electron chi connectivity index (χ4n) is 3.60. The first kappa shape index (κ1) is 25.4. The van der Waals surface area contributed by atoms with Gasteiger partial charge in [-0.05, 0) is 51.8 Å². The van der Waals surface area contributed by atoms with Gasteiger partial charge >= 0.3 is 0 Å². The van der Waals surface area contributed by atoms with E-state index in [1.54, 1.807) is 0 Å². The van der Waals surface area contributed by atoms with E-state index in [-0.39, 0.29) is 29.6 Å². The molecule has 0 bridgehead atoms. The molecule has 2 heterocycles. The Kier molecular flexibility index (Phi) is 10.0. The number of benzene rings is 1. The minimum absolute atomic E-state index is 0. The number of nitrogens with zero attached hydrogens (tertiary/aromatic N) is 3. The highest BCUT2D eigenvalue weighted by atomic mass is 127. The zero-order valence-corrected chi connectivity index (χ0v) is 21.4. The van der Waals surface area contributed by atoms with E-state index in [4.69, 9.17) is 4.74 Å². The molecule has 31 heavy (non-hydrogen) atoms. The molecule has 0 unspecified atom stereocenters. The van der Waals surface area contributed by atoms with Crippen molar-refractivity contribution in [1.29, 1.82) is 0 Å². The predicted molar refractivity (Wildman–Crippen MR) is 138 cm³/mol. The van der Waals surface area contributed by atoms with Crippen LogP contribution < -0.4 is 15.4 Å². The third kappa shape index (κ3) is 8.65. The number of rotatable bonds is 6. The van der Waals surface area contributed by atoms with E-state index in [1.165, 1.54) is 0 Å². The number of aliphatic imine (C=N–C) groups is 1. The minimum atomic E-state index is -0.223. The Hall–Kier alpha value is -1.87. The summed E-state index contributed by atoms with van der Waals surface area (Å²) in [6.45, 7) is 9.92. The van der Waals surface area contributed by atoms with Crippen LogP contribution in [0.1, 0.15) is 44.9 Å². The van der Waals surface area contributed by atoms with Crippen molar-refractivity contribution in [2.45, 2.75) is 58.3 Å². The molecule has 1 fully saturated rings. The minimum Gasteiger partial charge on any atom is -0.488 e. The van der Waals surface area contributed by atoms with Crippen molar-refractivity contribution < 1.29 is 4.74 Å². The first-order valence-electron chi connectivity index (χ1n) is 10.8. The second kappa shape index (κ2) is 12.2. The average Bonchev–Trinajstić information content (AvgIpc) is 2.73. The maximum absolute atomic E-state index is 6.10. The summed E-state index contributed by atoms with van der Waals surface area (Å²) >= 11 is 0. The van der Waals surface area contributed by atoms with Gasteiger partial charge in [-0.25, -0.2) is 0 Å². The third-order valence-electron chi connectivity index (χ3n) is 5.10. The number of ether oxygens (including phenoxy) is 1. The standard InChI is InChI=1S/C24H35N5O.HI/c1-24(2,3)30-22-11-6-5-9-19(22)17-27-23(25-4)28-20-12-15-29(16-13-20)18-21-10-7-8-14-26-21;/h5-11,14,20H,12-13,15-18H2,1-4H3,(H2,25,27,28);1H. The highest BCUT2D eigenvalue weighted by molar-refractivity contribution is 14.0. The van der Waals surface area contributed by atoms with E-state index in [0.717, 1.165) is 55.4 Å². The summed E-state index contributed by atoms with van der Waals surface area (Å²) in [5.74, 6) is 1.75. The SMILES string of the molecule is CN=C(NCc1ccccc1OC(C)(C)C)NC1CCN(Cc2ccccn2)CC1.I. The van der Waals surface area contributed by atoms with Gasteiger partial charge in [0, 0.05) is 51.0 Å². The summed E-state index contributed by atoms with van der Waals surface area (Å²) in [5, 5.41) is 7.03. The van der Waals surface area contributed by atoms with Crippen LogP contribution in [0.5, 0.6) is 5.75 Å². The van der Waals surface area contributed by atoms with Gasteiger partial charge in [-0.3, -0.25) is 14.9 Å². The third-order valence-corrected chi connectivity index (χ3v) is 5.10. The maximum Gasteiger partial charge on any atom is 0.191 e. The van der Waals surface area contributed by atoms with E-state index in [1.807, 2.05) is 37.5 Å². The molecule has 6 nitrogen and oxygen atoms in total. The van der Waals surface area contributed by atoms with Crippen LogP contribution in [0.15, 0.2) is 53.7 Å². The zero-order chi connectivity index (χ0) is 21.4. The monoisotopic (exact) mass is 537 g/mol. The molecule has 3 rings (SSSR count). The zero-order valence-electron chi connectivity index (χ0n) is 19.1. The number of aromatic nitrogens is 1. The fourth-order valence-corrected chi connectivity index (χ4v) is 3.60. The molecule has 2 aromatic rings. The van der Waals surface area contributed by atoms with Crippen molar-refractivity contribution in [3.8, 4) is 5.75 Å². The van der Waals surface area contributed by atoms with Gasteiger partial charge in [0.2, 0.25) is 0 Å². The molecule has 7 heteroatoms. The van der Waals surface area contributed by atoms with Crippen LogP contribution in [0.2, 0.25) is 0 Å². The van der Waals surface area contributed by atoms with Gasteiger partial charge in [-0.2, -0.15) is 0 Å². The Labute approximate surface area is 203 Å². The molecule has 2 N–H and O–H groups in total. The summed E-state index contributed by atoms with van der Waals surface area (Å²) in [6, 6.07) is 14.7. The Bertz CT molecular complexity index is 814. The van der Waals surface area contributed by atoms with Crippen LogP contribution in [0, 0.1) is 0 Å². The molecular formula is C24H36IN5O. The van der Waals surface area contributed by atoms with Crippen molar-refractivity contribution in [2.24, 2.45) is 4.99 Å². The Balaban J connectivity index is 0.00000341. The maximum atomic E-state index is 6.10. The van der Waals surface area contributed by atoms with E-state index < -0.39 is 0 Å². The molecule has 1 aliphatic heterocycles. The number of pyridine rings is 1. The summed E-state index contributed by atoms with van der Waals surface area (Å²) < 4.78 is 6.10. The fraction of sp³-hybridized carbons (Fsp3) is 0.500. The highest BCUT2D eigenvalue weighted by Gasteiger charge is 2.20. The van der Waals surface area contributed by atoms with Gasteiger partial charge < -0.3 is 15.4 Å². The predicted octanol–water partition coefficient (Wildman–Crippen LogP) is 4.21. The van der Waals surface area contributed by atoms with Crippen molar-refractivity contribution in [1.82, 2.24) is 20.5 Å². The first-order valence-corrected chi connectivity index (χ1v) is 10.8. The smallest absolute Gasteiger partial charge is 0.191 e.